The van der Waals surface area contributed by atoms with Crippen LogP contribution in [0.25, 0.3) is 0 Å². The van der Waals surface area contributed by atoms with Gasteiger partial charge >= 0.3 is 5.97 Å². The van der Waals surface area contributed by atoms with Gasteiger partial charge in [-0.2, -0.15) is 0 Å². The third kappa shape index (κ3) is 3.28. The number of aliphatic carboxylic acids is 1. The summed E-state index contributed by atoms with van der Waals surface area (Å²) in [6, 6.07) is 0. The van der Waals surface area contributed by atoms with Gasteiger partial charge in [0.2, 0.25) is 5.91 Å². The summed E-state index contributed by atoms with van der Waals surface area (Å²) in [4.78, 5) is 27.5. The second kappa shape index (κ2) is 6.18. The molecule has 0 spiro atoms. The van der Waals surface area contributed by atoms with Crippen molar-refractivity contribution < 1.29 is 14.7 Å². The van der Waals surface area contributed by atoms with Crippen LogP contribution in [0.15, 0.2) is 12.2 Å². The van der Waals surface area contributed by atoms with Crippen molar-refractivity contribution in [2.45, 2.75) is 25.7 Å². The molecule has 2 bridgehead atoms. The van der Waals surface area contributed by atoms with E-state index in [-0.39, 0.29) is 5.91 Å². The highest BCUT2D eigenvalue weighted by molar-refractivity contribution is 5.88. The van der Waals surface area contributed by atoms with Crippen molar-refractivity contribution in [3.63, 3.8) is 0 Å². The van der Waals surface area contributed by atoms with Gasteiger partial charge in [-0.15, -0.1) is 0 Å². The number of likely N-dealkylation sites (tertiary alicyclic amines) is 1. The molecule has 0 aliphatic carbocycles. The summed E-state index contributed by atoms with van der Waals surface area (Å²) in [5.74, 6) is 0.0304. The van der Waals surface area contributed by atoms with Gasteiger partial charge < -0.3 is 14.9 Å². The van der Waals surface area contributed by atoms with E-state index < -0.39 is 11.9 Å². The molecule has 0 radical (unpaired) electrons. The lowest BCUT2D eigenvalue weighted by Gasteiger charge is -2.43. The maximum absolute atomic E-state index is 12.2. The summed E-state index contributed by atoms with van der Waals surface area (Å²) in [5.41, 5.74) is 0. The van der Waals surface area contributed by atoms with Crippen LogP contribution >= 0.6 is 0 Å². The number of nitrogens with zero attached hydrogens (tertiary/aromatic N) is 2. The fourth-order valence-corrected chi connectivity index (χ4v) is 3.92. The number of rotatable bonds is 3. The van der Waals surface area contributed by atoms with Gasteiger partial charge in [0, 0.05) is 19.6 Å². The predicted molar refractivity (Wildman–Crippen MR) is 78.7 cm³/mol. The van der Waals surface area contributed by atoms with E-state index >= 15 is 0 Å². The minimum atomic E-state index is -0.783. The Morgan fingerprint density at radius 3 is 2.43 bits per heavy atom. The molecule has 0 aromatic carbocycles. The average molecular weight is 292 g/mol. The Bertz CT molecular complexity index is 441. The summed E-state index contributed by atoms with van der Waals surface area (Å²) in [6.07, 6.45) is 7.72. The summed E-state index contributed by atoms with van der Waals surface area (Å²) in [5, 5.41) is 9.08. The Kier molecular flexibility index (Phi) is 4.29. The number of carboxylic acids is 1. The number of carboxylic acid groups (broad SMARTS) is 1. The highest BCUT2D eigenvalue weighted by Crippen LogP contribution is 2.33. The fourth-order valence-electron chi connectivity index (χ4n) is 3.92. The molecule has 4 heterocycles. The van der Waals surface area contributed by atoms with Crippen molar-refractivity contribution in [1.29, 1.82) is 0 Å². The first-order valence-electron chi connectivity index (χ1n) is 8.06. The molecule has 0 aromatic rings. The molecule has 4 aliphatic rings. The van der Waals surface area contributed by atoms with E-state index in [2.05, 4.69) is 11.0 Å². The van der Waals surface area contributed by atoms with Crippen LogP contribution in [0.5, 0.6) is 0 Å². The number of fused-ring (bicyclic) bond motifs is 3. The van der Waals surface area contributed by atoms with Crippen molar-refractivity contribution in [3.8, 4) is 0 Å². The molecule has 1 N–H and O–H groups in total. The summed E-state index contributed by atoms with van der Waals surface area (Å²) >= 11 is 0. The predicted octanol–water partition coefficient (Wildman–Crippen LogP) is 1.21. The number of amides is 1. The first-order valence-corrected chi connectivity index (χ1v) is 8.06. The zero-order valence-corrected chi connectivity index (χ0v) is 12.4. The number of carbonyl (C=O) groups excluding carboxylic acids is 1. The smallest absolute Gasteiger partial charge is 0.308 e. The lowest BCUT2D eigenvalue weighted by Crippen LogP contribution is -2.47. The maximum Gasteiger partial charge on any atom is 0.308 e. The van der Waals surface area contributed by atoms with E-state index in [0.717, 1.165) is 18.9 Å². The van der Waals surface area contributed by atoms with Crippen LogP contribution < -0.4 is 0 Å². The molecule has 4 saturated heterocycles. The zero-order chi connectivity index (χ0) is 14.8. The zero-order valence-electron chi connectivity index (χ0n) is 12.4. The maximum atomic E-state index is 12.2. The van der Waals surface area contributed by atoms with Gasteiger partial charge in [0.25, 0.3) is 0 Å². The van der Waals surface area contributed by atoms with Crippen LogP contribution in [-0.4, -0.2) is 59.5 Å². The molecular formula is C16H24N2O3. The number of hydrogen-bond acceptors (Lipinski definition) is 3. The summed E-state index contributed by atoms with van der Waals surface area (Å²) in [6.45, 7) is 4.53. The molecule has 116 valence electrons. The number of piperidine rings is 4. The Hall–Kier alpha value is -1.36. The molecule has 5 heteroatoms. The van der Waals surface area contributed by atoms with Crippen molar-refractivity contribution in [2.75, 3.05) is 32.7 Å². The minimum absolute atomic E-state index is 0.0163. The monoisotopic (exact) mass is 292 g/mol. The Morgan fingerprint density at radius 1 is 1.05 bits per heavy atom. The van der Waals surface area contributed by atoms with Crippen LogP contribution in [0, 0.1) is 17.8 Å². The quantitative estimate of drug-likeness (QED) is 0.794. The van der Waals surface area contributed by atoms with E-state index in [4.69, 9.17) is 5.11 Å². The molecule has 2 atom stereocenters. The molecule has 4 aliphatic heterocycles. The van der Waals surface area contributed by atoms with E-state index in [0.29, 0.717) is 25.4 Å². The van der Waals surface area contributed by atoms with Crippen molar-refractivity contribution in [1.82, 2.24) is 9.80 Å². The first kappa shape index (κ1) is 14.6. The van der Waals surface area contributed by atoms with Crippen molar-refractivity contribution >= 4 is 11.9 Å². The Morgan fingerprint density at radius 2 is 1.81 bits per heavy atom. The van der Waals surface area contributed by atoms with Gasteiger partial charge in [0.15, 0.2) is 0 Å². The summed E-state index contributed by atoms with van der Waals surface area (Å²) < 4.78 is 0. The van der Waals surface area contributed by atoms with E-state index in [1.165, 1.54) is 25.9 Å². The van der Waals surface area contributed by atoms with Crippen molar-refractivity contribution in [2.24, 2.45) is 17.8 Å². The third-order valence-electron chi connectivity index (χ3n) is 5.28. The number of carbonyl (C=O) groups is 2. The normalized spacial score (nSPS) is 36.1. The van der Waals surface area contributed by atoms with Crippen LogP contribution in [0.4, 0.5) is 0 Å². The van der Waals surface area contributed by atoms with Crippen LogP contribution in [-0.2, 0) is 9.59 Å². The van der Waals surface area contributed by atoms with Gasteiger partial charge in [-0.05, 0) is 56.7 Å². The van der Waals surface area contributed by atoms with Crippen LogP contribution in [0.3, 0.4) is 0 Å². The minimum Gasteiger partial charge on any atom is -0.481 e. The van der Waals surface area contributed by atoms with E-state index in [9.17, 15) is 9.59 Å². The highest BCUT2D eigenvalue weighted by atomic mass is 16.4. The molecule has 2 unspecified atom stereocenters. The lowest BCUT2D eigenvalue weighted by molar-refractivity contribution is -0.144. The third-order valence-corrected chi connectivity index (χ3v) is 5.28. The van der Waals surface area contributed by atoms with E-state index in [1.807, 2.05) is 0 Å². The van der Waals surface area contributed by atoms with Gasteiger partial charge in [-0.3, -0.25) is 9.59 Å². The van der Waals surface area contributed by atoms with Gasteiger partial charge in [0.1, 0.15) is 0 Å². The SMILES string of the molecule is O=C(O)C1CCCN(C(=O)/C=C/C2CN3CCC2CC3)C1. The lowest BCUT2D eigenvalue weighted by atomic mass is 9.79. The highest BCUT2D eigenvalue weighted by Gasteiger charge is 2.33. The molecule has 5 nitrogen and oxygen atoms in total. The first-order chi connectivity index (χ1) is 10.1. The Balaban J connectivity index is 1.56. The van der Waals surface area contributed by atoms with E-state index in [1.54, 1.807) is 11.0 Å². The van der Waals surface area contributed by atoms with Gasteiger partial charge in [-0.25, -0.2) is 0 Å². The largest absolute Gasteiger partial charge is 0.481 e. The second-order valence-corrected chi connectivity index (χ2v) is 6.62. The molecule has 4 fully saturated rings. The standard InChI is InChI=1S/C16H24N2O3/c19-15(18-7-1-2-14(11-18)16(20)21)4-3-13-10-17-8-5-12(13)6-9-17/h3-4,12-14H,1-2,5-11H2,(H,20,21)/b4-3+. The second-order valence-electron chi connectivity index (χ2n) is 6.62. The topological polar surface area (TPSA) is 60.9 Å². The molecule has 1 amide bonds. The average Bonchev–Trinajstić information content (AvgIpc) is 2.54. The molecule has 0 aromatic heterocycles. The number of hydrogen-bond donors (Lipinski definition) is 1. The van der Waals surface area contributed by atoms with Crippen LogP contribution in [0.1, 0.15) is 25.7 Å². The summed E-state index contributed by atoms with van der Waals surface area (Å²) in [7, 11) is 0. The van der Waals surface area contributed by atoms with Gasteiger partial charge in [-0.1, -0.05) is 6.08 Å². The molecule has 4 rings (SSSR count). The Labute approximate surface area is 125 Å². The molecule has 0 saturated carbocycles. The molecular weight excluding hydrogens is 268 g/mol. The van der Waals surface area contributed by atoms with Crippen molar-refractivity contribution in [3.05, 3.63) is 12.2 Å². The molecule has 21 heavy (non-hydrogen) atoms. The fraction of sp³-hybridized carbons (Fsp3) is 0.750. The van der Waals surface area contributed by atoms with Crippen LogP contribution in [0.2, 0.25) is 0 Å². The van der Waals surface area contributed by atoms with Gasteiger partial charge in [0.05, 0.1) is 5.92 Å².